The number of unbranched alkanes of at least 4 members (excludes halogenated alkanes) is 10. The molecule has 0 aromatic carbocycles. The number of nitrogen functional groups attached to an aromatic ring is 1. The van der Waals surface area contributed by atoms with Crippen LogP contribution in [0.15, 0.2) is 90.0 Å². The molecule has 0 saturated carbocycles. The standard InChI is InChI=1S/C50H81N3O16P2/c1-3-5-6-7-8-9-10-11-12-15-19-22-25-28-31-35-46(56)67-42(38-64-45(55)34-30-27-24-21-18-16-13-14-17-20-23-26-29-33-41(54)32-4-2)39-65-70(60,61)69-71(62,63)66-40-43-47(57)48(58)49(68-43)53-37-36-44(51)52-50(53)59/h9-13,16-17,20-21,24,26,29,36-37,41-43,47-49,54,57-58H,3-8,14-15,18-19,22-23,25,27-28,30-35,38-40H2,1-2H3,(H,60,61)(H,62,63)(H2,51,52,59)/b10-9-,12-11-,16-13-,20-17-,24-21-,29-26-/t41?,42-,43-,47-,48-,49-/m1/s1. The Balaban J connectivity index is 1.84. The van der Waals surface area contributed by atoms with Crippen molar-refractivity contribution in [3.63, 3.8) is 0 Å². The largest absolute Gasteiger partial charge is 0.481 e. The molecular formula is C50H81N3O16P2. The Labute approximate surface area is 419 Å². The number of ether oxygens (including phenoxy) is 3. The van der Waals surface area contributed by atoms with Gasteiger partial charge in [0.05, 0.1) is 19.3 Å². The summed E-state index contributed by atoms with van der Waals surface area (Å²) in [5, 5.41) is 30.7. The second kappa shape index (κ2) is 37.8. The van der Waals surface area contributed by atoms with Gasteiger partial charge in [0.2, 0.25) is 0 Å². The Kier molecular flexibility index (Phi) is 33.7. The third-order valence-corrected chi connectivity index (χ3v) is 13.4. The molecule has 0 radical (unpaired) electrons. The molecule has 2 heterocycles. The summed E-state index contributed by atoms with van der Waals surface area (Å²) in [7, 11) is -10.9. The molecule has 8 atom stereocenters. The van der Waals surface area contributed by atoms with E-state index >= 15 is 0 Å². The van der Waals surface area contributed by atoms with Crippen molar-refractivity contribution in [2.24, 2.45) is 0 Å². The van der Waals surface area contributed by atoms with Gasteiger partial charge in [-0.15, -0.1) is 0 Å². The molecule has 1 aliphatic rings. The lowest BCUT2D eigenvalue weighted by Gasteiger charge is -2.21. The van der Waals surface area contributed by atoms with Crippen molar-refractivity contribution in [2.45, 2.75) is 185 Å². The highest BCUT2D eigenvalue weighted by Crippen LogP contribution is 2.60. The SMILES string of the molecule is CCCCCC/C=C\C=C/CCCCCCCC(=O)O[C@H](COC(=O)CCC/C=C\C/C=C\C/C=C\C/C=C\CC(O)CCC)COP(=O)(O)OP(=O)(O)OC[C@H]1O[C@@H](n2ccc(N)nc2=O)[C@H](O)[C@@H]1O. The van der Waals surface area contributed by atoms with E-state index in [-0.39, 0.29) is 24.8 Å². The first-order chi connectivity index (χ1) is 34.1. The highest BCUT2D eigenvalue weighted by Gasteiger charge is 2.46. The number of anilines is 1. The smallest absolute Gasteiger partial charge is 0.462 e. The van der Waals surface area contributed by atoms with Crippen molar-refractivity contribution in [3.05, 3.63) is 95.7 Å². The van der Waals surface area contributed by atoms with E-state index in [0.717, 1.165) is 81.4 Å². The lowest BCUT2D eigenvalue weighted by atomic mass is 10.1. The minimum Gasteiger partial charge on any atom is -0.462 e. The van der Waals surface area contributed by atoms with E-state index in [0.29, 0.717) is 25.7 Å². The van der Waals surface area contributed by atoms with E-state index < -0.39 is 83.7 Å². The Hall–Kier alpha value is -3.84. The topological polar surface area (TPSA) is 286 Å². The minimum absolute atomic E-state index is 0.00993. The molecule has 71 heavy (non-hydrogen) atoms. The van der Waals surface area contributed by atoms with Gasteiger partial charge in [-0.3, -0.25) is 23.2 Å². The average Bonchev–Trinajstić information content (AvgIpc) is 3.60. The fraction of sp³-hybridized carbons (Fsp3) is 0.640. The molecule has 1 saturated heterocycles. The van der Waals surface area contributed by atoms with Gasteiger partial charge in [0, 0.05) is 19.0 Å². The molecule has 21 heteroatoms. The van der Waals surface area contributed by atoms with Crippen LogP contribution >= 0.6 is 15.6 Å². The Morgan fingerprint density at radius 2 is 1.32 bits per heavy atom. The predicted octanol–water partition coefficient (Wildman–Crippen LogP) is 9.08. The molecule has 0 amide bonds. The number of phosphoric acid groups is 2. The zero-order chi connectivity index (χ0) is 52.2. The number of aliphatic hydroxyl groups excluding tert-OH is 3. The van der Waals surface area contributed by atoms with E-state index in [4.69, 9.17) is 29.0 Å². The molecule has 7 N–H and O–H groups in total. The van der Waals surface area contributed by atoms with Crippen molar-refractivity contribution < 1.29 is 71.4 Å². The number of hydrogen-bond acceptors (Lipinski definition) is 16. The van der Waals surface area contributed by atoms with Gasteiger partial charge >= 0.3 is 33.3 Å². The maximum absolute atomic E-state index is 12.8. The number of phosphoric ester groups is 2. The van der Waals surface area contributed by atoms with Crippen LogP contribution in [0.4, 0.5) is 5.82 Å². The van der Waals surface area contributed by atoms with Crippen molar-refractivity contribution in [1.29, 1.82) is 0 Å². The van der Waals surface area contributed by atoms with E-state index in [1.807, 2.05) is 30.4 Å². The summed E-state index contributed by atoms with van der Waals surface area (Å²) in [5.74, 6) is -1.41. The van der Waals surface area contributed by atoms with Crippen LogP contribution < -0.4 is 11.4 Å². The highest BCUT2D eigenvalue weighted by atomic mass is 31.3. The molecule has 3 unspecified atom stereocenters. The molecule has 0 aliphatic carbocycles. The summed E-state index contributed by atoms with van der Waals surface area (Å²) >= 11 is 0. The number of carbonyl (C=O) groups excluding carboxylic acids is 2. The van der Waals surface area contributed by atoms with Crippen molar-refractivity contribution >= 4 is 33.4 Å². The van der Waals surface area contributed by atoms with E-state index in [1.54, 1.807) is 0 Å². The number of hydrogen-bond donors (Lipinski definition) is 6. The molecule has 1 aliphatic heterocycles. The Morgan fingerprint density at radius 1 is 0.746 bits per heavy atom. The number of rotatable bonds is 40. The zero-order valence-electron chi connectivity index (χ0n) is 41.6. The van der Waals surface area contributed by atoms with Gasteiger partial charge in [-0.05, 0) is 83.1 Å². The average molecular weight is 1040 g/mol. The molecule has 1 fully saturated rings. The van der Waals surface area contributed by atoms with Crippen LogP contribution in [0.3, 0.4) is 0 Å². The maximum atomic E-state index is 12.8. The van der Waals surface area contributed by atoms with E-state index in [2.05, 4.69) is 65.7 Å². The number of allylic oxidation sites excluding steroid dienone is 11. The number of carbonyl (C=O) groups is 2. The van der Waals surface area contributed by atoms with Crippen molar-refractivity contribution in [3.8, 4) is 0 Å². The predicted molar refractivity (Wildman–Crippen MR) is 271 cm³/mol. The number of nitrogens with two attached hydrogens (primary N) is 1. The minimum atomic E-state index is -5.45. The van der Waals surface area contributed by atoms with Crippen LogP contribution in [-0.4, -0.2) is 96.9 Å². The molecule has 0 bridgehead atoms. The second-order valence-electron chi connectivity index (χ2n) is 17.2. The monoisotopic (exact) mass is 1040 g/mol. The fourth-order valence-corrected chi connectivity index (χ4v) is 9.07. The van der Waals surface area contributed by atoms with E-state index in [1.165, 1.54) is 31.7 Å². The molecular weight excluding hydrogens is 961 g/mol. The zero-order valence-corrected chi connectivity index (χ0v) is 43.4. The summed E-state index contributed by atoms with van der Waals surface area (Å²) in [6.07, 6.45) is 34.8. The van der Waals surface area contributed by atoms with Gasteiger partial charge in [0.15, 0.2) is 12.3 Å². The van der Waals surface area contributed by atoms with Gasteiger partial charge in [-0.1, -0.05) is 132 Å². The molecule has 1 aromatic rings. The van der Waals surface area contributed by atoms with Crippen LogP contribution in [0.2, 0.25) is 0 Å². The van der Waals surface area contributed by atoms with Gasteiger partial charge in [0.1, 0.15) is 30.7 Å². The Bertz CT molecular complexity index is 1990. The van der Waals surface area contributed by atoms with Crippen LogP contribution in [0.5, 0.6) is 0 Å². The van der Waals surface area contributed by atoms with Crippen LogP contribution in [-0.2, 0) is 46.3 Å². The third-order valence-electron chi connectivity index (χ3n) is 10.8. The summed E-state index contributed by atoms with van der Waals surface area (Å²) in [6.45, 7) is 1.85. The van der Waals surface area contributed by atoms with Crippen LogP contribution in [0.25, 0.3) is 0 Å². The fourth-order valence-electron chi connectivity index (χ4n) is 6.96. The molecule has 0 spiro atoms. The first-order valence-corrected chi connectivity index (χ1v) is 28.0. The van der Waals surface area contributed by atoms with E-state index in [9.17, 15) is 48.6 Å². The first kappa shape index (κ1) is 63.3. The molecule has 2 rings (SSSR count). The molecule has 19 nitrogen and oxygen atoms in total. The number of aliphatic hydroxyl groups is 3. The van der Waals surface area contributed by atoms with Gasteiger partial charge in [-0.2, -0.15) is 9.29 Å². The molecule has 1 aromatic heterocycles. The van der Waals surface area contributed by atoms with Gasteiger partial charge in [-0.25, -0.2) is 13.9 Å². The Morgan fingerprint density at radius 3 is 1.97 bits per heavy atom. The highest BCUT2D eigenvalue weighted by molar-refractivity contribution is 7.61. The maximum Gasteiger partial charge on any atom is 0.481 e. The second-order valence-corrected chi connectivity index (χ2v) is 20.2. The summed E-state index contributed by atoms with van der Waals surface area (Å²) in [5.41, 5.74) is 4.57. The number of esters is 2. The first-order valence-electron chi connectivity index (χ1n) is 25.0. The van der Waals surface area contributed by atoms with Crippen molar-refractivity contribution in [2.75, 3.05) is 25.6 Å². The number of nitrogens with zero attached hydrogens (tertiary/aromatic N) is 2. The van der Waals surface area contributed by atoms with Crippen LogP contribution in [0.1, 0.15) is 155 Å². The van der Waals surface area contributed by atoms with Crippen LogP contribution in [0, 0.1) is 0 Å². The molecule has 402 valence electrons. The lowest BCUT2D eigenvalue weighted by Crippen LogP contribution is -2.36. The quantitative estimate of drug-likeness (QED) is 0.0117. The van der Waals surface area contributed by atoms with Gasteiger partial charge < -0.3 is 45.1 Å². The summed E-state index contributed by atoms with van der Waals surface area (Å²) in [6, 6.07) is 1.24. The summed E-state index contributed by atoms with van der Waals surface area (Å²) in [4.78, 5) is 61.8. The normalized spacial score (nSPS) is 20.2. The number of aromatic nitrogens is 2. The third kappa shape index (κ3) is 30.7. The van der Waals surface area contributed by atoms with Crippen molar-refractivity contribution in [1.82, 2.24) is 9.55 Å². The lowest BCUT2D eigenvalue weighted by molar-refractivity contribution is -0.161. The summed E-state index contributed by atoms with van der Waals surface area (Å²) < 4.78 is 56.6. The van der Waals surface area contributed by atoms with Gasteiger partial charge in [0.25, 0.3) is 0 Å².